The SMILES string of the molecule is CC(C)C(C(=O)OC1C2CC3C1OS(=O)(=O)C3C2)S(=O)(=O)O. The minimum Gasteiger partial charge on any atom is -0.458 e. The molecule has 3 rings (SSSR count). The van der Waals surface area contributed by atoms with Gasteiger partial charge in [0.25, 0.3) is 20.2 Å². The minimum absolute atomic E-state index is 0.143. The lowest BCUT2D eigenvalue weighted by Crippen LogP contribution is -2.43. The maximum Gasteiger partial charge on any atom is 0.327 e. The highest BCUT2D eigenvalue weighted by atomic mass is 32.2. The highest BCUT2D eigenvalue weighted by Gasteiger charge is 2.65. The third kappa shape index (κ3) is 2.36. The van der Waals surface area contributed by atoms with Gasteiger partial charge < -0.3 is 4.74 Å². The molecule has 6 unspecified atom stereocenters. The second kappa shape index (κ2) is 4.89. The number of rotatable bonds is 4. The van der Waals surface area contributed by atoms with E-state index in [0.29, 0.717) is 12.8 Å². The molecule has 0 aromatic carbocycles. The summed E-state index contributed by atoms with van der Waals surface area (Å²) < 4.78 is 65.8. The van der Waals surface area contributed by atoms with Gasteiger partial charge in [-0.15, -0.1) is 0 Å². The van der Waals surface area contributed by atoms with E-state index in [1.165, 1.54) is 13.8 Å². The summed E-state index contributed by atoms with van der Waals surface area (Å²) in [6.07, 6.45) is -0.550. The Balaban J connectivity index is 1.79. The van der Waals surface area contributed by atoms with Crippen LogP contribution in [0, 0.1) is 17.8 Å². The lowest BCUT2D eigenvalue weighted by Gasteiger charge is -2.27. The average Bonchev–Trinajstić information content (AvgIpc) is 2.90. The first-order valence-corrected chi connectivity index (χ1v) is 10.1. The summed E-state index contributed by atoms with van der Waals surface area (Å²) in [5.74, 6) is -2.06. The zero-order valence-corrected chi connectivity index (χ0v) is 13.7. The van der Waals surface area contributed by atoms with Crippen LogP contribution in [0.25, 0.3) is 0 Å². The van der Waals surface area contributed by atoms with E-state index in [1.54, 1.807) is 0 Å². The van der Waals surface area contributed by atoms with Gasteiger partial charge in [0.15, 0.2) is 5.25 Å². The predicted octanol–water partition coefficient (Wildman–Crippen LogP) is -0.0524. The molecule has 0 aromatic heterocycles. The maximum atomic E-state index is 12.1. The predicted molar refractivity (Wildman–Crippen MR) is 73.8 cm³/mol. The molecule has 2 bridgehead atoms. The first-order valence-electron chi connectivity index (χ1n) is 7.11. The number of esters is 1. The Morgan fingerprint density at radius 1 is 1.32 bits per heavy atom. The second-order valence-electron chi connectivity index (χ2n) is 6.57. The van der Waals surface area contributed by atoms with E-state index in [2.05, 4.69) is 0 Å². The van der Waals surface area contributed by atoms with Gasteiger partial charge in [0.05, 0.1) is 5.25 Å². The van der Waals surface area contributed by atoms with Crippen molar-refractivity contribution < 1.29 is 35.1 Å². The molecule has 1 heterocycles. The molecular weight excluding hydrogens is 336 g/mol. The molecule has 126 valence electrons. The number of fused-ring (bicyclic) bond motifs is 1. The third-order valence-corrected chi connectivity index (χ3v) is 7.98. The van der Waals surface area contributed by atoms with Crippen LogP contribution in [0.15, 0.2) is 0 Å². The van der Waals surface area contributed by atoms with E-state index in [4.69, 9.17) is 8.92 Å². The number of carbonyl (C=O) groups is 1. The molecule has 2 saturated carbocycles. The summed E-state index contributed by atoms with van der Waals surface area (Å²) in [7, 11) is -8.21. The van der Waals surface area contributed by atoms with Gasteiger partial charge in [-0.25, -0.2) is 0 Å². The first-order chi connectivity index (χ1) is 10.0. The normalized spacial score (nSPS) is 40.1. The summed E-state index contributed by atoms with van der Waals surface area (Å²) in [4.78, 5) is 12.1. The number of ether oxygens (including phenoxy) is 1. The lowest BCUT2D eigenvalue weighted by molar-refractivity contribution is -0.156. The highest BCUT2D eigenvalue weighted by Crippen LogP contribution is 2.55. The van der Waals surface area contributed by atoms with E-state index < -0.39 is 54.8 Å². The Kier molecular flexibility index (Phi) is 3.59. The number of carbonyl (C=O) groups excluding carboxylic acids is 1. The van der Waals surface area contributed by atoms with Crippen molar-refractivity contribution in [2.45, 2.75) is 49.4 Å². The van der Waals surface area contributed by atoms with E-state index >= 15 is 0 Å². The van der Waals surface area contributed by atoms with Crippen molar-refractivity contribution in [1.82, 2.24) is 0 Å². The van der Waals surface area contributed by atoms with Crippen molar-refractivity contribution in [2.24, 2.45) is 17.8 Å². The third-order valence-electron chi connectivity index (χ3n) is 4.82. The van der Waals surface area contributed by atoms with Crippen LogP contribution in [-0.2, 0) is 34.0 Å². The van der Waals surface area contributed by atoms with Gasteiger partial charge in [0.1, 0.15) is 12.2 Å². The molecule has 0 amide bonds. The molecule has 6 atom stereocenters. The van der Waals surface area contributed by atoms with Gasteiger partial charge >= 0.3 is 5.97 Å². The van der Waals surface area contributed by atoms with E-state index in [-0.39, 0.29) is 11.8 Å². The molecule has 1 saturated heterocycles. The first kappa shape index (κ1) is 16.2. The molecular formula is C12H18O8S2. The van der Waals surface area contributed by atoms with Crippen molar-refractivity contribution in [2.75, 3.05) is 0 Å². The summed E-state index contributed by atoms with van der Waals surface area (Å²) in [5.41, 5.74) is 0. The Labute approximate surface area is 129 Å². The van der Waals surface area contributed by atoms with Crippen LogP contribution in [0.4, 0.5) is 0 Å². The second-order valence-corrected chi connectivity index (χ2v) is 9.89. The van der Waals surface area contributed by atoms with Crippen LogP contribution in [0.3, 0.4) is 0 Å². The standard InChI is InChI=1S/C12H18O8S2/c1-5(2)11(21(14,15)16)12(13)19-9-6-3-7-8(4-6)22(17,18)20-10(7)9/h5-11H,3-4H2,1-2H3,(H,14,15,16). The quantitative estimate of drug-likeness (QED) is 0.423. The van der Waals surface area contributed by atoms with Gasteiger partial charge in [-0.1, -0.05) is 13.8 Å². The van der Waals surface area contributed by atoms with Crippen molar-refractivity contribution >= 4 is 26.2 Å². The molecule has 8 nitrogen and oxygen atoms in total. The minimum atomic E-state index is -4.59. The summed E-state index contributed by atoms with van der Waals surface area (Å²) in [6, 6.07) is 0. The molecule has 0 aromatic rings. The van der Waals surface area contributed by atoms with Gasteiger partial charge in [0, 0.05) is 11.8 Å². The Bertz CT molecular complexity index is 695. The van der Waals surface area contributed by atoms with Crippen molar-refractivity contribution in [1.29, 1.82) is 0 Å². The monoisotopic (exact) mass is 354 g/mol. The topological polar surface area (TPSA) is 124 Å². The highest BCUT2D eigenvalue weighted by molar-refractivity contribution is 7.87. The van der Waals surface area contributed by atoms with E-state index in [9.17, 15) is 26.2 Å². The molecule has 10 heteroatoms. The molecule has 3 fully saturated rings. The zero-order chi connectivity index (χ0) is 16.4. The summed E-state index contributed by atoms with van der Waals surface area (Å²) in [5, 5.41) is -2.22. The van der Waals surface area contributed by atoms with Crippen LogP contribution in [0.5, 0.6) is 0 Å². The molecule has 1 aliphatic heterocycles. The Morgan fingerprint density at radius 2 is 1.95 bits per heavy atom. The largest absolute Gasteiger partial charge is 0.458 e. The average molecular weight is 354 g/mol. The van der Waals surface area contributed by atoms with E-state index in [0.717, 1.165) is 0 Å². The summed E-state index contributed by atoms with van der Waals surface area (Å²) in [6.45, 7) is 2.96. The van der Waals surface area contributed by atoms with E-state index in [1.807, 2.05) is 0 Å². The fourth-order valence-electron chi connectivity index (χ4n) is 3.98. The van der Waals surface area contributed by atoms with Crippen molar-refractivity contribution in [3.05, 3.63) is 0 Å². The fourth-order valence-corrected chi connectivity index (χ4v) is 6.85. The van der Waals surface area contributed by atoms with Gasteiger partial charge in [-0.2, -0.15) is 16.8 Å². The summed E-state index contributed by atoms with van der Waals surface area (Å²) >= 11 is 0. The van der Waals surface area contributed by atoms with Gasteiger partial charge in [-0.3, -0.25) is 13.5 Å². The number of hydrogen-bond acceptors (Lipinski definition) is 7. The van der Waals surface area contributed by atoms with Crippen molar-refractivity contribution in [3.63, 3.8) is 0 Å². The molecule has 2 aliphatic carbocycles. The fraction of sp³-hybridized carbons (Fsp3) is 0.917. The van der Waals surface area contributed by atoms with Gasteiger partial charge in [-0.05, 0) is 18.8 Å². The molecule has 22 heavy (non-hydrogen) atoms. The maximum absolute atomic E-state index is 12.1. The molecule has 3 aliphatic rings. The van der Waals surface area contributed by atoms with Crippen LogP contribution < -0.4 is 0 Å². The van der Waals surface area contributed by atoms with Crippen LogP contribution in [-0.4, -0.2) is 50.1 Å². The molecule has 0 spiro atoms. The van der Waals surface area contributed by atoms with Crippen LogP contribution in [0.2, 0.25) is 0 Å². The lowest BCUT2D eigenvalue weighted by atomic mass is 9.94. The van der Waals surface area contributed by atoms with Gasteiger partial charge in [0.2, 0.25) is 0 Å². The Hall–Kier alpha value is -0.710. The Morgan fingerprint density at radius 3 is 2.50 bits per heavy atom. The van der Waals surface area contributed by atoms with Crippen LogP contribution >= 0.6 is 0 Å². The zero-order valence-electron chi connectivity index (χ0n) is 12.1. The van der Waals surface area contributed by atoms with Crippen LogP contribution in [0.1, 0.15) is 26.7 Å². The van der Waals surface area contributed by atoms with Crippen molar-refractivity contribution in [3.8, 4) is 0 Å². The molecule has 0 radical (unpaired) electrons. The number of hydrogen-bond donors (Lipinski definition) is 1. The molecule has 1 N–H and O–H groups in total. The smallest absolute Gasteiger partial charge is 0.327 e.